The Labute approximate surface area is 218 Å². The normalized spacial score (nSPS) is 12.3. The molecule has 0 radical (unpaired) electrons. The second-order valence-electron chi connectivity index (χ2n) is 9.05. The molecule has 0 bridgehead atoms. The largest absolute Gasteiger partial charge is 0.458 e. The summed E-state index contributed by atoms with van der Waals surface area (Å²) in [5, 5.41) is 0. The van der Waals surface area contributed by atoms with Crippen molar-refractivity contribution < 1.29 is 28.6 Å². The topological polar surface area (TPSA) is 82.1 Å². The van der Waals surface area contributed by atoms with E-state index in [9.17, 15) is 14.4 Å². The zero-order valence-corrected chi connectivity index (χ0v) is 21.4. The minimum absolute atomic E-state index is 0.0670. The molecule has 0 N–H and O–H groups in total. The summed E-state index contributed by atoms with van der Waals surface area (Å²) >= 11 is 0. The second-order valence-corrected chi connectivity index (χ2v) is 9.05. The van der Waals surface area contributed by atoms with Crippen molar-refractivity contribution in [2.24, 2.45) is 5.92 Å². The number of hydrogen-bond acceptors (Lipinski definition) is 6. The first kappa shape index (κ1) is 27.5. The molecule has 1 amide bonds. The zero-order chi connectivity index (χ0) is 26.6. The van der Waals surface area contributed by atoms with Crippen molar-refractivity contribution in [1.82, 2.24) is 4.90 Å². The van der Waals surface area contributed by atoms with Crippen molar-refractivity contribution in [3.63, 3.8) is 0 Å². The molecule has 0 aliphatic heterocycles. The van der Waals surface area contributed by atoms with Crippen LogP contribution < -0.4 is 0 Å². The van der Waals surface area contributed by atoms with E-state index in [-0.39, 0.29) is 25.6 Å². The van der Waals surface area contributed by atoms with Crippen molar-refractivity contribution in [3.8, 4) is 0 Å². The maximum absolute atomic E-state index is 13.4. The van der Waals surface area contributed by atoms with Gasteiger partial charge in [0.05, 0.1) is 0 Å². The maximum atomic E-state index is 13.4. The molecule has 0 heterocycles. The lowest BCUT2D eigenvalue weighted by Crippen LogP contribution is -2.47. The summed E-state index contributed by atoms with van der Waals surface area (Å²) in [6.45, 7) is 3.68. The number of benzene rings is 3. The molecule has 7 heteroatoms. The lowest BCUT2D eigenvalue weighted by atomic mass is 10.0. The fourth-order valence-electron chi connectivity index (χ4n) is 3.63. The smallest absolute Gasteiger partial charge is 0.410 e. The van der Waals surface area contributed by atoms with E-state index in [2.05, 4.69) is 0 Å². The monoisotopic (exact) mass is 503 g/mol. The molecule has 0 fully saturated rings. The summed E-state index contributed by atoms with van der Waals surface area (Å²) in [5.74, 6) is -1.68. The van der Waals surface area contributed by atoms with E-state index in [1.165, 1.54) is 11.9 Å². The summed E-state index contributed by atoms with van der Waals surface area (Å²) < 4.78 is 16.5. The van der Waals surface area contributed by atoms with Crippen LogP contribution in [-0.4, -0.2) is 42.1 Å². The number of esters is 2. The number of carbonyl (C=O) groups is 3. The molecule has 3 aromatic carbocycles. The van der Waals surface area contributed by atoms with Crippen molar-refractivity contribution >= 4 is 18.0 Å². The molecule has 0 saturated carbocycles. The molecule has 2 atom stereocenters. The number of carbonyl (C=O) groups excluding carboxylic acids is 3. The van der Waals surface area contributed by atoms with E-state index in [4.69, 9.17) is 14.2 Å². The van der Waals surface area contributed by atoms with Gasteiger partial charge in [-0.1, -0.05) is 105 Å². The van der Waals surface area contributed by atoms with Crippen LogP contribution in [0.5, 0.6) is 0 Å². The minimum atomic E-state index is -1.12. The Morgan fingerprint density at radius 3 is 1.62 bits per heavy atom. The van der Waals surface area contributed by atoms with Gasteiger partial charge in [-0.25, -0.2) is 14.4 Å². The number of hydrogen-bond donors (Lipinski definition) is 0. The summed E-state index contributed by atoms with van der Waals surface area (Å²) in [6, 6.07) is 26.8. The third-order valence-corrected chi connectivity index (χ3v) is 5.81. The summed E-state index contributed by atoms with van der Waals surface area (Å²) in [6.07, 6.45) is -1.60. The fourth-order valence-corrected chi connectivity index (χ4v) is 3.63. The third-order valence-electron chi connectivity index (χ3n) is 5.81. The number of likely N-dealkylation sites (N-methyl/N-ethyl adjacent to an activating group) is 1. The van der Waals surface area contributed by atoms with Gasteiger partial charge in [0.1, 0.15) is 19.3 Å². The summed E-state index contributed by atoms with van der Waals surface area (Å²) in [5.41, 5.74) is 2.49. The van der Waals surface area contributed by atoms with Crippen LogP contribution in [-0.2, 0) is 43.4 Å². The highest BCUT2D eigenvalue weighted by Crippen LogP contribution is 2.17. The SMILES string of the molecule is CC(C)C(OC(=O)[C@H](Cc1ccccc1)N(C)C(=O)OCc1ccccc1)C(=O)OCc1ccccc1. The Bertz CT molecular complexity index is 1130. The van der Waals surface area contributed by atoms with E-state index in [0.717, 1.165) is 16.7 Å². The Morgan fingerprint density at radius 2 is 1.14 bits per heavy atom. The fraction of sp³-hybridized carbons (Fsp3) is 0.300. The molecule has 194 valence electrons. The van der Waals surface area contributed by atoms with E-state index >= 15 is 0 Å². The van der Waals surface area contributed by atoms with E-state index < -0.39 is 30.2 Å². The van der Waals surface area contributed by atoms with Crippen LogP contribution in [0, 0.1) is 5.92 Å². The lowest BCUT2D eigenvalue weighted by Gasteiger charge is -2.28. The van der Waals surface area contributed by atoms with E-state index in [1.54, 1.807) is 13.8 Å². The first-order chi connectivity index (χ1) is 17.8. The zero-order valence-electron chi connectivity index (χ0n) is 21.4. The standard InChI is InChI=1S/C30H33NO6/c1-22(2)27(29(33)35-20-24-15-9-5-10-16-24)37-28(32)26(19-23-13-7-4-8-14-23)31(3)30(34)36-21-25-17-11-6-12-18-25/h4-18,22,26-27H,19-21H2,1-3H3/t26-,27?/m0/s1. The Hall–Kier alpha value is -4.13. The van der Waals surface area contributed by atoms with Gasteiger partial charge in [-0.05, 0) is 16.7 Å². The van der Waals surface area contributed by atoms with Gasteiger partial charge in [-0.3, -0.25) is 4.90 Å². The van der Waals surface area contributed by atoms with Crippen LogP contribution >= 0.6 is 0 Å². The molecule has 0 aliphatic carbocycles. The summed E-state index contributed by atoms with van der Waals surface area (Å²) in [7, 11) is 1.49. The van der Waals surface area contributed by atoms with Gasteiger partial charge in [-0.2, -0.15) is 0 Å². The quantitative estimate of drug-likeness (QED) is 0.265. The highest BCUT2D eigenvalue weighted by Gasteiger charge is 2.35. The molecule has 0 saturated heterocycles. The van der Waals surface area contributed by atoms with Crippen molar-refractivity contribution in [2.75, 3.05) is 7.05 Å². The van der Waals surface area contributed by atoms with Gasteiger partial charge in [0.25, 0.3) is 0 Å². The molecule has 3 rings (SSSR count). The van der Waals surface area contributed by atoms with E-state index in [1.807, 2.05) is 91.0 Å². The highest BCUT2D eigenvalue weighted by atomic mass is 16.6. The predicted octanol–water partition coefficient (Wildman–Crippen LogP) is 5.18. The average Bonchev–Trinajstić information content (AvgIpc) is 2.93. The average molecular weight is 504 g/mol. The molecule has 0 aliphatic rings. The Morgan fingerprint density at radius 1 is 0.676 bits per heavy atom. The predicted molar refractivity (Wildman–Crippen MR) is 139 cm³/mol. The third kappa shape index (κ3) is 8.49. The number of nitrogens with zero attached hydrogens (tertiary/aromatic N) is 1. The van der Waals surface area contributed by atoms with Crippen LogP contribution in [0.3, 0.4) is 0 Å². The van der Waals surface area contributed by atoms with Gasteiger partial charge >= 0.3 is 18.0 Å². The van der Waals surface area contributed by atoms with Gasteiger partial charge in [0.15, 0.2) is 0 Å². The Balaban J connectivity index is 1.71. The van der Waals surface area contributed by atoms with Crippen LogP contribution in [0.1, 0.15) is 30.5 Å². The molecular formula is C30H33NO6. The molecular weight excluding hydrogens is 470 g/mol. The number of ether oxygens (including phenoxy) is 3. The Kier molecular flexibility index (Phi) is 10.3. The highest BCUT2D eigenvalue weighted by molar-refractivity contribution is 5.85. The maximum Gasteiger partial charge on any atom is 0.410 e. The van der Waals surface area contributed by atoms with Gasteiger partial charge < -0.3 is 14.2 Å². The van der Waals surface area contributed by atoms with Crippen molar-refractivity contribution in [3.05, 3.63) is 108 Å². The molecule has 37 heavy (non-hydrogen) atoms. The van der Waals surface area contributed by atoms with Crippen molar-refractivity contribution in [2.45, 2.75) is 45.6 Å². The molecule has 0 spiro atoms. The van der Waals surface area contributed by atoms with Gasteiger partial charge in [0.2, 0.25) is 6.10 Å². The van der Waals surface area contributed by atoms with Crippen LogP contribution in [0.2, 0.25) is 0 Å². The van der Waals surface area contributed by atoms with Gasteiger partial charge in [0, 0.05) is 19.4 Å². The second kappa shape index (κ2) is 13.8. The lowest BCUT2D eigenvalue weighted by molar-refractivity contribution is -0.174. The first-order valence-corrected chi connectivity index (χ1v) is 12.2. The molecule has 0 aromatic heterocycles. The van der Waals surface area contributed by atoms with Gasteiger partial charge in [-0.15, -0.1) is 0 Å². The molecule has 1 unspecified atom stereocenters. The number of amides is 1. The van der Waals surface area contributed by atoms with Crippen LogP contribution in [0.4, 0.5) is 4.79 Å². The molecule has 7 nitrogen and oxygen atoms in total. The summed E-state index contributed by atoms with van der Waals surface area (Å²) in [4.78, 5) is 40.3. The molecule has 3 aromatic rings. The minimum Gasteiger partial charge on any atom is -0.458 e. The van der Waals surface area contributed by atoms with Crippen LogP contribution in [0.15, 0.2) is 91.0 Å². The van der Waals surface area contributed by atoms with Crippen molar-refractivity contribution in [1.29, 1.82) is 0 Å². The van der Waals surface area contributed by atoms with E-state index in [0.29, 0.717) is 0 Å². The van der Waals surface area contributed by atoms with Crippen LogP contribution in [0.25, 0.3) is 0 Å². The number of rotatable bonds is 11. The first-order valence-electron chi connectivity index (χ1n) is 12.2.